The van der Waals surface area contributed by atoms with Crippen LogP contribution in [0.5, 0.6) is 0 Å². The minimum atomic E-state index is -0.849. The van der Waals surface area contributed by atoms with Gasteiger partial charge < -0.3 is 20.1 Å². The zero-order chi connectivity index (χ0) is 38.3. The predicted molar refractivity (Wildman–Crippen MR) is 212 cm³/mol. The van der Waals surface area contributed by atoms with Gasteiger partial charge in [-0.3, -0.25) is 34.3 Å². The van der Waals surface area contributed by atoms with Gasteiger partial charge in [-0.15, -0.1) is 0 Å². The van der Waals surface area contributed by atoms with E-state index in [2.05, 4.69) is 27.4 Å². The van der Waals surface area contributed by atoms with E-state index in [-0.39, 0.29) is 54.5 Å². The lowest BCUT2D eigenvalue weighted by Gasteiger charge is -2.40. The molecule has 7 fully saturated rings. The summed E-state index contributed by atoms with van der Waals surface area (Å²) in [6.45, 7) is 10.5. The van der Waals surface area contributed by atoms with E-state index in [1.807, 2.05) is 11.1 Å². The number of carbonyl (C=O) groups excluding carboxylic acids is 4. The molecule has 4 atom stereocenters. The summed E-state index contributed by atoms with van der Waals surface area (Å²) in [4.78, 5) is 56.7. The molecule has 3 saturated heterocycles. The number of rotatable bonds is 14. The molecule has 0 spiro atoms. The predicted octanol–water partition coefficient (Wildman–Crippen LogP) is 4.96. The largest absolute Gasteiger partial charge is 0.393 e. The van der Waals surface area contributed by atoms with Crippen LogP contribution in [0.2, 0.25) is 0 Å². The number of piperazine rings is 1. The van der Waals surface area contributed by atoms with E-state index >= 15 is 0 Å². The number of fused-ring (bicyclic) bond motifs is 1. The number of aliphatic hydroxyl groups excluding tert-OH is 1. The second-order valence-electron chi connectivity index (χ2n) is 18.2. The van der Waals surface area contributed by atoms with Gasteiger partial charge in [0.2, 0.25) is 23.6 Å². The summed E-state index contributed by atoms with van der Waals surface area (Å²) in [7, 11) is 0. The van der Waals surface area contributed by atoms with E-state index < -0.39 is 11.9 Å². The third-order valence-corrected chi connectivity index (χ3v) is 14.9. The number of hydrogen-bond donors (Lipinski definition) is 3. The van der Waals surface area contributed by atoms with Crippen molar-refractivity contribution in [3.05, 3.63) is 11.1 Å². The molecule has 4 unspecified atom stereocenters. The topological polar surface area (TPSA) is 132 Å². The van der Waals surface area contributed by atoms with E-state index in [9.17, 15) is 24.3 Å². The summed E-state index contributed by atoms with van der Waals surface area (Å²) < 4.78 is 6.54. The minimum Gasteiger partial charge on any atom is -0.393 e. The highest BCUT2D eigenvalue weighted by molar-refractivity contribution is 6.10. The van der Waals surface area contributed by atoms with Crippen LogP contribution in [-0.4, -0.2) is 120 Å². The number of ether oxygens (including phenoxy) is 1. The van der Waals surface area contributed by atoms with Crippen molar-refractivity contribution in [2.45, 2.75) is 160 Å². The Hall–Kier alpha value is -2.18. The number of nitrogens with one attached hydrogen (secondary N) is 2. The molecule has 4 amide bonds. The first-order valence-corrected chi connectivity index (χ1v) is 22.7. The fourth-order valence-corrected chi connectivity index (χ4v) is 11.8. The van der Waals surface area contributed by atoms with Gasteiger partial charge in [0.25, 0.3) is 0 Å². The molecule has 3 N–H and O–H groups in total. The van der Waals surface area contributed by atoms with Crippen LogP contribution >= 0.6 is 0 Å². The number of aliphatic hydroxyl groups is 1. The van der Waals surface area contributed by atoms with Crippen molar-refractivity contribution in [3.8, 4) is 0 Å². The van der Waals surface area contributed by atoms with E-state index in [1.165, 1.54) is 81.9 Å². The number of amides is 4. The van der Waals surface area contributed by atoms with Gasteiger partial charge in [-0.05, 0) is 134 Å². The Morgan fingerprint density at radius 2 is 1.40 bits per heavy atom. The minimum absolute atomic E-state index is 0.0885. The third kappa shape index (κ3) is 10.1. The molecule has 308 valence electrons. The second kappa shape index (κ2) is 19.5. The quantitative estimate of drug-likeness (QED) is 0.128. The fourth-order valence-electron chi connectivity index (χ4n) is 11.8. The van der Waals surface area contributed by atoms with E-state index in [1.54, 1.807) is 0 Å². The SMILES string of the molecule is CC/C(=C(\C1CCC(O)CC1)C1CCC(OCCN2CCN(CCCNC3CCC4C(=O)N(C5CCC(=O)NC5=O)C(=O)C4C3)CC2)CC1)C1CCCCC1. The van der Waals surface area contributed by atoms with Gasteiger partial charge in [-0.1, -0.05) is 37.3 Å². The van der Waals surface area contributed by atoms with Crippen LogP contribution in [0, 0.1) is 29.6 Å². The summed E-state index contributed by atoms with van der Waals surface area (Å²) in [5.74, 6) is 0.178. The molecule has 0 aromatic carbocycles. The Bertz CT molecular complexity index is 1360. The molecule has 55 heavy (non-hydrogen) atoms. The van der Waals surface area contributed by atoms with Gasteiger partial charge in [0, 0.05) is 45.2 Å². The molecular formula is C44H71N5O6. The summed E-state index contributed by atoms with van der Waals surface area (Å²) in [6, 6.07) is -0.648. The van der Waals surface area contributed by atoms with Gasteiger partial charge >= 0.3 is 0 Å². The highest BCUT2D eigenvalue weighted by Gasteiger charge is 2.54. The molecule has 0 aromatic rings. The Labute approximate surface area is 330 Å². The molecule has 0 radical (unpaired) electrons. The molecule has 0 aromatic heterocycles. The lowest BCUT2D eigenvalue weighted by atomic mass is 9.68. The maximum atomic E-state index is 13.3. The highest BCUT2D eigenvalue weighted by atomic mass is 16.5. The number of piperidine rings is 1. The van der Waals surface area contributed by atoms with Crippen LogP contribution in [0.4, 0.5) is 0 Å². The maximum Gasteiger partial charge on any atom is 0.249 e. The van der Waals surface area contributed by atoms with Crippen LogP contribution in [-0.2, 0) is 23.9 Å². The van der Waals surface area contributed by atoms with E-state index in [0.717, 1.165) is 89.9 Å². The monoisotopic (exact) mass is 766 g/mol. The average molecular weight is 766 g/mol. The molecule has 4 aliphatic carbocycles. The van der Waals surface area contributed by atoms with E-state index in [4.69, 9.17) is 4.74 Å². The Morgan fingerprint density at radius 1 is 0.745 bits per heavy atom. The van der Waals surface area contributed by atoms with Crippen molar-refractivity contribution < 1.29 is 29.0 Å². The number of allylic oxidation sites excluding steroid dienone is 2. The molecule has 11 nitrogen and oxygen atoms in total. The zero-order valence-electron chi connectivity index (χ0n) is 33.8. The van der Waals surface area contributed by atoms with Crippen molar-refractivity contribution in [1.29, 1.82) is 0 Å². The molecule has 3 aliphatic heterocycles. The second-order valence-corrected chi connectivity index (χ2v) is 18.2. The van der Waals surface area contributed by atoms with Gasteiger partial charge in [-0.2, -0.15) is 0 Å². The first kappa shape index (κ1) is 41.0. The van der Waals surface area contributed by atoms with Crippen LogP contribution in [0.25, 0.3) is 0 Å². The molecule has 7 rings (SSSR count). The molecule has 0 bridgehead atoms. The smallest absolute Gasteiger partial charge is 0.249 e. The van der Waals surface area contributed by atoms with Gasteiger partial charge in [-0.25, -0.2) is 0 Å². The first-order chi connectivity index (χ1) is 26.8. The number of likely N-dealkylation sites (tertiary alicyclic amines) is 1. The highest BCUT2D eigenvalue weighted by Crippen LogP contribution is 2.46. The van der Waals surface area contributed by atoms with Crippen LogP contribution in [0.1, 0.15) is 135 Å². The number of nitrogens with zero attached hydrogens (tertiary/aromatic N) is 3. The average Bonchev–Trinajstić information content (AvgIpc) is 3.45. The van der Waals surface area contributed by atoms with Crippen LogP contribution < -0.4 is 10.6 Å². The number of carbonyl (C=O) groups is 4. The van der Waals surface area contributed by atoms with Gasteiger partial charge in [0.15, 0.2) is 0 Å². The lowest BCUT2D eigenvalue weighted by molar-refractivity contribution is -0.151. The summed E-state index contributed by atoms with van der Waals surface area (Å²) in [5, 5.41) is 16.2. The lowest BCUT2D eigenvalue weighted by Crippen LogP contribution is -2.54. The summed E-state index contributed by atoms with van der Waals surface area (Å²) in [5.41, 5.74) is 3.67. The van der Waals surface area contributed by atoms with Crippen molar-refractivity contribution in [1.82, 2.24) is 25.3 Å². The fraction of sp³-hybridized carbons (Fsp3) is 0.864. The van der Waals surface area contributed by atoms with Crippen molar-refractivity contribution in [2.24, 2.45) is 29.6 Å². The normalized spacial score (nSPS) is 35.1. The number of hydrogen-bond acceptors (Lipinski definition) is 9. The molecular weight excluding hydrogens is 695 g/mol. The van der Waals surface area contributed by atoms with Crippen molar-refractivity contribution in [2.75, 3.05) is 52.4 Å². The van der Waals surface area contributed by atoms with Crippen molar-refractivity contribution in [3.63, 3.8) is 0 Å². The first-order valence-electron chi connectivity index (χ1n) is 22.7. The Balaban J connectivity index is 0.770. The number of imide groups is 2. The zero-order valence-corrected chi connectivity index (χ0v) is 33.8. The molecule has 11 heteroatoms. The van der Waals surface area contributed by atoms with Crippen molar-refractivity contribution >= 4 is 23.6 Å². The summed E-state index contributed by atoms with van der Waals surface area (Å²) >= 11 is 0. The Morgan fingerprint density at radius 3 is 2.07 bits per heavy atom. The third-order valence-electron chi connectivity index (χ3n) is 14.9. The van der Waals surface area contributed by atoms with E-state index in [0.29, 0.717) is 24.9 Å². The van der Waals surface area contributed by atoms with Crippen LogP contribution in [0.3, 0.4) is 0 Å². The molecule has 3 heterocycles. The Kier molecular flexibility index (Phi) is 14.5. The standard InChI is InChI=1S/C44H71N5O6/c1-2-36(30-7-4-3-5-8-30)41(31-9-14-34(50)15-10-31)32-11-16-35(17-12-32)55-28-27-48-25-23-47(24-26-48)22-6-21-45-33-13-18-37-38(29-33)44(54)49(43(37)53)39-19-20-40(51)46-42(39)52/h30-35,37-39,45,50H,2-29H2,1H3,(H,46,51,52)/b41-36-. The maximum absolute atomic E-state index is 13.3. The molecule has 7 aliphatic rings. The molecule has 4 saturated carbocycles. The summed E-state index contributed by atoms with van der Waals surface area (Å²) in [6.07, 6.45) is 21.3. The van der Waals surface area contributed by atoms with Gasteiger partial charge in [0.05, 0.1) is 30.7 Å². The van der Waals surface area contributed by atoms with Gasteiger partial charge in [0.1, 0.15) is 6.04 Å². The van der Waals surface area contributed by atoms with Crippen LogP contribution in [0.15, 0.2) is 11.1 Å².